The van der Waals surface area contributed by atoms with Crippen LogP contribution in [0.5, 0.6) is 0 Å². The number of amides is 1. The van der Waals surface area contributed by atoms with Crippen LogP contribution in [-0.2, 0) is 11.3 Å². The topological polar surface area (TPSA) is 36.7 Å². The third-order valence-electron chi connectivity index (χ3n) is 4.95. The molecule has 0 bridgehead atoms. The van der Waals surface area contributed by atoms with Gasteiger partial charge in [-0.2, -0.15) is 0 Å². The highest BCUT2D eigenvalue weighted by Gasteiger charge is 2.47. The Labute approximate surface area is 136 Å². The molecule has 1 aliphatic carbocycles. The van der Waals surface area contributed by atoms with Gasteiger partial charge in [0.15, 0.2) is 0 Å². The largest absolute Gasteiger partial charge is 0.469 e. The average Bonchev–Trinajstić information content (AvgIpc) is 3.21. The normalized spacial score (nSPS) is 24.6. The van der Waals surface area contributed by atoms with E-state index in [1.54, 1.807) is 6.26 Å². The van der Waals surface area contributed by atoms with Gasteiger partial charge in [-0.15, -0.1) is 0 Å². The van der Waals surface area contributed by atoms with Gasteiger partial charge in [-0.1, -0.05) is 30.3 Å². The van der Waals surface area contributed by atoms with Crippen molar-refractivity contribution in [3.63, 3.8) is 0 Å². The Morgan fingerprint density at radius 1 is 1.04 bits per heavy atom. The summed E-state index contributed by atoms with van der Waals surface area (Å²) in [5.41, 5.74) is 1.34. The molecule has 2 fully saturated rings. The molecule has 2 aliphatic rings. The number of rotatable bonds is 4. The Kier molecular flexibility index (Phi) is 3.92. The maximum atomic E-state index is 12.6. The van der Waals surface area contributed by atoms with Crippen LogP contribution in [-0.4, -0.2) is 41.9 Å². The summed E-state index contributed by atoms with van der Waals surface area (Å²) in [5, 5.41) is 0. The zero-order chi connectivity index (χ0) is 15.6. The molecule has 0 radical (unpaired) electrons. The van der Waals surface area contributed by atoms with E-state index in [2.05, 4.69) is 29.2 Å². The summed E-state index contributed by atoms with van der Waals surface area (Å²) in [6.45, 7) is 4.57. The van der Waals surface area contributed by atoms with Gasteiger partial charge in [0, 0.05) is 44.6 Å². The van der Waals surface area contributed by atoms with E-state index in [4.69, 9.17) is 4.42 Å². The molecule has 4 heteroatoms. The molecule has 1 saturated carbocycles. The number of furan rings is 1. The van der Waals surface area contributed by atoms with E-state index in [9.17, 15) is 4.79 Å². The van der Waals surface area contributed by atoms with Gasteiger partial charge >= 0.3 is 0 Å². The summed E-state index contributed by atoms with van der Waals surface area (Å²) in [5.74, 6) is 1.72. The average molecular weight is 310 g/mol. The van der Waals surface area contributed by atoms with E-state index in [0.29, 0.717) is 11.8 Å². The molecular weight excluding hydrogens is 288 g/mol. The lowest BCUT2D eigenvalue weighted by Gasteiger charge is -2.35. The van der Waals surface area contributed by atoms with Gasteiger partial charge in [0.05, 0.1) is 6.26 Å². The summed E-state index contributed by atoms with van der Waals surface area (Å²) >= 11 is 0. The monoisotopic (exact) mass is 310 g/mol. The quantitative estimate of drug-likeness (QED) is 0.871. The van der Waals surface area contributed by atoms with Crippen molar-refractivity contribution >= 4 is 5.91 Å². The molecule has 1 amide bonds. The molecule has 1 aromatic heterocycles. The molecule has 0 N–H and O–H groups in total. The lowest BCUT2D eigenvalue weighted by Crippen LogP contribution is -2.48. The molecule has 23 heavy (non-hydrogen) atoms. The summed E-state index contributed by atoms with van der Waals surface area (Å²) < 4.78 is 5.43. The first-order valence-electron chi connectivity index (χ1n) is 8.40. The van der Waals surface area contributed by atoms with Crippen LogP contribution < -0.4 is 0 Å². The zero-order valence-electron chi connectivity index (χ0n) is 13.2. The highest BCUT2D eigenvalue weighted by atomic mass is 16.3. The van der Waals surface area contributed by atoms with Crippen molar-refractivity contribution in [1.82, 2.24) is 9.80 Å². The Morgan fingerprint density at radius 2 is 1.83 bits per heavy atom. The molecule has 4 rings (SSSR count). The van der Waals surface area contributed by atoms with Crippen molar-refractivity contribution in [3.05, 3.63) is 60.1 Å². The van der Waals surface area contributed by atoms with Crippen LogP contribution >= 0.6 is 0 Å². The van der Waals surface area contributed by atoms with Gasteiger partial charge in [-0.25, -0.2) is 0 Å². The Bertz CT molecular complexity index is 645. The summed E-state index contributed by atoms with van der Waals surface area (Å²) in [6.07, 6.45) is 2.63. The molecule has 0 spiro atoms. The molecule has 2 heterocycles. The standard InChI is InChI=1S/C19H22N2O2/c22-19(17-13-16(17)18-7-4-12-23-18)21-10-8-20(9-11-21)14-15-5-2-1-3-6-15/h1-7,12,16-17H,8-11,13-14H2/t16-,17+/m1/s1. The third kappa shape index (κ3) is 3.17. The second-order valence-electron chi connectivity index (χ2n) is 6.55. The lowest BCUT2D eigenvalue weighted by atomic mass is 10.2. The number of carbonyl (C=O) groups is 1. The predicted octanol–water partition coefficient (Wildman–Crippen LogP) is 2.73. The van der Waals surface area contributed by atoms with Crippen molar-refractivity contribution in [2.45, 2.75) is 18.9 Å². The van der Waals surface area contributed by atoms with Crippen LogP contribution in [0.1, 0.15) is 23.7 Å². The van der Waals surface area contributed by atoms with Crippen LogP contribution in [0.25, 0.3) is 0 Å². The van der Waals surface area contributed by atoms with Crippen molar-refractivity contribution in [2.75, 3.05) is 26.2 Å². The Balaban J connectivity index is 1.28. The summed E-state index contributed by atoms with van der Waals surface area (Å²) in [4.78, 5) is 17.1. The SMILES string of the molecule is O=C([C@H]1C[C@H]1c1ccco1)N1CCN(Cc2ccccc2)CC1. The summed E-state index contributed by atoms with van der Waals surface area (Å²) in [6, 6.07) is 14.4. The molecule has 120 valence electrons. The van der Waals surface area contributed by atoms with E-state index in [1.165, 1.54) is 5.56 Å². The Morgan fingerprint density at radius 3 is 2.52 bits per heavy atom. The van der Waals surface area contributed by atoms with Gasteiger partial charge in [0.2, 0.25) is 5.91 Å². The first-order chi connectivity index (χ1) is 11.3. The summed E-state index contributed by atoms with van der Waals surface area (Å²) in [7, 11) is 0. The van der Waals surface area contributed by atoms with Crippen LogP contribution in [0, 0.1) is 5.92 Å². The fourth-order valence-electron chi connectivity index (χ4n) is 3.49. The minimum Gasteiger partial charge on any atom is -0.469 e. The zero-order valence-corrected chi connectivity index (χ0v) is 13.2. The lowest BCUT2D eigenvalue weighted by molar-refractivity contribution is -0.134. The van der Waals surface area contributed by atoms with Crippen LogP contribution in [0.4, 0.5) is 0 Å². The third-order valence-corrected chi connectivity index (χ3v) is 4.95. The highest BCUT2D eigenvalue weighted by molar-refractivity contribution is 5.83. The number of benzene rings is 1. The van der Waals surface area contributed by atoms with Crippen LogP contribution in [0.2, 0.25) is 0 Å². The minimum absolute atomic E-state index is 0.141. The number of nitrogens with zero attached hydrogens (tertiary/aromatic N) is 2. The van der Waals surface area contributed by atoms with Crippen LogP contribution in [0.15, 0.2) is 53.1 Å². The molecule has 2 atom stereocenters. The molecular formula is C19H22N2O2. The fourth-order valence-corrected chi connectivity index (χ4v) is 3.49. The van der Waals surface area contributed by atoms with E-state index in [-0.39, 0.29) is 5.92 Å². The van der Waals surface area contributed by atoms with E-state index < -0.39 is 0 Å². The van der Waals surface area contributed by atoms with Crippen LogP contribution in [0.3, 0.4) is 0 Å². The van der Waals surface area contributed by atoms with Gasteiger partial charge < -0.3 is 9.32 Å². The first kappa shape index (κ1) is 14.5. The van der Waals surface area contributed by atoms with Crippen molar-refractivity contribution in [1.29, 1.82) is 0 Å². The molecule has 1 aromatic carbocycles. The Hall–Kier alpha value is -2.07. The number of hydrogen-bond acceptors (Lipinski definition) is 3. The number of carbonyl (C=O) groups excluding carboxylic acids is 1. The second kappa shape index (κ2) is 6.20. The molecule has 1 saturated heterocycles. The molecule has 0 unspecified atom stereocenters. The van der Waals surface area contributed by atoms with Gasteiger partial charge in [0.1, 0.15) is 5.76 Å². The molecule has 2 aromatic rings. The van der Waals surface area contributed by atoms with Gasteiger partial charge in [0.25, 0.3) is 0 Å². The maximum absolute atomic E-state index is 12.6. The second-order valence-corrected chi connectivity index (χ2v) is 6.55. The highest BCUT2D eigenvalue weighted by Crippen LogP contribution is 2.48. The van der Waals surface area contributed by atoms with Crippen molar-refractivity contribution < 1.29 is 9.21 Å². The van der Waals surface area contributed by atoms with Gasteiger partial charge in [-0.05, 0) is 24.1 Å². The van der Waals surface area contributed by atoms with Crippen molar-refractivity contribution in [2.24, 2.45) is 5.92 Å². The molecule has 4 nitrogen and oxygen atoms in total. The smallest absolute Gasteiger partial charge is 0.226 e. The van der Waals surface area contributed by atoms with Crippen molar-refractivity contribution in [3.8, 4) is 0 Å². The minimum atomic E-state index is 0.141. The van der Waals surface area contributed by atoms with E-state index in [1.807, 2.05) is 23.1 Å². The van der Waals surface area contributed by atoms with E-state index in [0.717, 1.165) is 44.9 Å². The van der Waals surface area contributed by atoms with E-state index >= 15 is 0 Å². The number of hydrogen-bond donors (Lipinski definition) is 0. The first-order valence-corrected chi connectivity index (χ1v) is 8.40. The number of piperazine rings is 1. The molecule has 1 aliphatic heterocycles. The predicted molar refractivity (Wildman–Crippen MR) is 87.9 cm³/mol. The van der Waals surface area contributed by atoms with Gasteiger partial charge in [-0.3, -0.25) is 9.69 Å². The maximum Gasteiger partial charge on any atom is 0.226 e. The fraction of sp³-hybridized carbons (Fsp3) is 0.421.